The summed E-state index contributed by atoms with van der Waals surface area (Å²) in [6.45, 7) is 0. The maximum absolute atomic E-state index is 13.3. The highest BCUT2D eigenvalue weighted by atomic mass is 16.5. The van der Waals surface area contributed by atoms with Crippen LogP contribution in [0.3, 0.4) is 0 Å². The van der Waals surface area contributed by atoms with Crippen molar-refractivity contribution in [1.29, 1.82) is 0 Å². The molecule has 0 radical (unpaired) electrons. The van der Waals surface area contributed by atoms with Gasteiger partial charge in [0.25, 0.3) is 5.91 Å². The lowest BCUT2D eigenvalue weighted by molar-refractivity contribution is -0.117. The van der Waals surface area contributed by atoms with Gasteiger partial charge >= 0.3 is 0 Å². The number of carbonyl (C=O) groups excluding carboxylic acids is 2. The molecule has 4 rings (SSSR count). The smallest absolute Gasteiger partial charge is 0.294 e. The van der Waals surface area contributed by atoms with Crippen LogP contribution in [0.4, 0.5) is 5.69 Å². The number of aliphatic hydroxyl groups is 1. The molecule has 0 spiro atoms. The van der Waals surface area contributed by atoms with Crippen LogP contribution in [-0.4, -0.2) is 31.0 Å². The van der Waals surface area contributed by atoms with E-state index in [0.717, 1.165) is 5.56 Å². The van der Waals surface area contributed by atoms with Gasteiger partial charge in [0.05, 0.1) is 25.8 Å². The van der Waals surface area contributed by atoms with E-state index in [1.54, 1.807) is 55.7 Å². The number of hydrogen-bond donors (Lipinski definition) is 1. The number of anilines is 1. The van der Waals surface area contributed by atoms with Crippen LogP contribution in [0, 0.1) is 0 Å². The number of rotatable bonds is 7. The van der Waals surface area contributed by atoms with Crippen LogP contribution in [0.15, 0.2) is 96.3 Å². The van der Waals surface area contributed by atoms with Crippen LogP contribution < -0.4 is 14.4 Å². The summed E-state index contributed by atoms with van der Waals surface area (Å²) in [6, 6.07) is 22.5. The van der Waals surface area contributed by atoms with Gasteiger partial charge in [0.1, 0.15) is 11.5 Å². The van der Waals surface area contributed by atoms with E-state index in [1.165, 1.54) is 18.1 Å². The van der Waals surface area contributed by atoms with E-state index in [2.05, 4.69) is 0 Å². The minimum Gasteiger partial charge on any atom is -0.503 e. The highest BCUT2D eigenvalue weighted by Gasteiger charge is 2.44. The summed E-state index contributed by atoms with van der Waals surface area (Å²) in [5, 5.41) is 10.8. The molecule has 3 aromatic rings. The van der Waals surface area contributed by atoms with Crippen LogP contribution in [0.5, 0.6) is 11.5 Å². The Bertz CT molecular complexity index is 1230. The number of para-hydroxylation sites is 1. The van der Waals surface area contributed by atoms with Gasteiger partial charge in [0, 0.05) is 17.3 Å². The maximum atomic E-state index is 13.3. The Kier molecular flexibility index (Phi) is 6.26. The Morgan fingerprint density at radius 2 is 1.61 bits per heavy atom. The molecule has 0 aromatic heterocycles. The average Bonchev–Trinajstić information content (AvgIpc) is 3.13. The fourth-order valence-corrected chi connectivity index (χ4v) is 3.88. The van der Waals surface area contributed by atoms with Crippen LogP contribution in [0.2, 0.25) is 0 Å². The number of allylic oxidation sites excluding steroid dienone is 1. The van der Waals surface area contributed by atoms with Crippen molar-refractivity contribution in [3.05, 3.63) is 107 Å². The fraction of sp³-hybridized carbons (Fsp3) is 0.111. The van der Waals surface area contributed by atoms with Gasteiger partial charge in [-0.1, -0.05) is 54.6 Å². The molecule has 1 aliphatic rings. The molecule has 33 heavy (non-hydrogen) atoms. The zero-order valence-electron chi connectivity index (χ0n) is 18.3. The highest BCUT2D eigenvalue weighted by Crippen LogP contribution is 2.44. The van der Waals surface area contributed by atoms with Gasteiger partial charge < -0.3 is 14.6 Å². The topological polar surface area (TPSA) is 76.1 Å². The maximum Gasteiger partial charge on any atom is 0.294 e. The highest BCUT2D eigenvalue weighted by molar-refractivity contribution is 6.19. The number of benzene rings is 3. The number of ether oxygens (including phenoxy) is 2. The molecule has 6 nitrogen and oxygen atoms in total. The number of aliphatic hydroxyl groups excluding tert-OH is 1. The molecule has 1 atom stereocenters. The largest absolute Gasteiger partial charge is 0.503 e. The minimum absolute atomic E-state index is 0.0144. The summed E-state index contributed by atoms with van der Waals surface area (Å²) in [5.74, 6) is -0.702. The second-order valence-electron chi connectivity index (χ2n) is 7.39. The third-order valence-electron chi connectivity index (χ3n) is 5.47. The van der Waals surface area contributed by atoms with Gasteiger partial charge in [0.2, 0.25) is 0 Å². The number of hydrogen-bond acceptors (Lipinski definition) is 5. The van der Waals surface area contributed by atoms with Crippen molar-refractivity contribution in [3.63, 3.8) is 0 Å². The number of ketones is 1. The zero-order chi connectivity index (χ0) is 23.4. The van der Waals surface area contributed by atoms with E-state index in [4.69, 9.17) is 9.47 Å². The first-order valence-electron chi connectivity index (χ1n) is 10.4. The van der Waals surface area contributed by atoms with Gasteiger partial charge in [-0.3, -0.25) is 14.5 Å². The van der Waals surface area contributed by atoms with Gasteiger partial charge in [0.15, 0.2) is 11.5 Å². The Labute approximate surface area is 192 Å². The standard InChI is InChI=1S/C27H23NO5/c1-32-20-14-15-21(23(17-20)33-2)25-24(22(29)16-13-18-9-5-3-6-10-18)26(30)27(31)28(25)19-11-7-4-8-12-19/h3-17,25,30H,1-2H3/b16-13+. The first kappa shape index (κ1) is 21.9. The Balaban J connectivity index is 1.84. The van der Waals surface area contributed by atoms with E-state index < -0.39 is 23.5 Å². The molecule has 0 saturated heterocycles. The summed E-state index contributed by atoms with van der Waals surface area (Å²) < 4.78 is 10.9. The number of methoxy groups -OCH3 is 2. The number of amides is 1. The molecule has 0 bridgehead atoms. The SMILES string of the molecule is COc1ccc(C2C(C(=O)/C=C/c3ccccc3)=C(O)C(=O)N2c2ccccc2)c(OC)c1. The van der Waals surface area contributed by atoms with E-state index in [-0.39, 0.29) is 5.57 Å². The molecule has 0 fully saturated rings. The Morgan fingerprint density at radius 3 is 2.24 bits per heavy atom. The van der Waals surface area contributed by atoms with Crippen molar-refractivity contribution in [1.82, 2.24) is 0 Å². The van der Waals surface area contributed by atoms with Gasteiger partial charge in [-0.05, 0) is 35.9 Å². The summed E-state index contributed by atoms with van der Waals surface area (Å²) in [7, 11) is 3.04. The molecule has 1 unspecified atom stereocenters. The lowest BCUT2D eigenvalue weighted by Crippen LogP contribution is -2.31. The fourth-order valence-electron chi connectivity index (χ4n) is 3.88. The van der Waals surface area contributed by atoms with Crippen LogP contribution in [-0.2, 0) is 9.59 Å². The van der Waals surface area contributed by atoms with E-state index in [1.807, 2.05) is 36.4 Å². The van der Waals surface area contributed by atoms with Gasteiger partial charge in [-0.25, -0.2) is 0 Å². The summed E-state index contributed by atoms with van der Waals surface area (Å²) in [5.41, 5.74) is 1.91. The quantitative estimate of drug-likeness (QED) is 0.529. The zero-order valence-corrected chi connectivity index (χ0v) is 18.3. The summed E-state index contributed by atoms with van der Waals surface area (Å²) in [4.78, 5) is 27.9. The molecule has 0 aliphatic carbocycles. The Morgan fingerprint density at radius 1 is 0.939 bits per heavy atom. The van der Waals surface area contributed by atoms with Crippen molar-refractivity contribution in [2.75, 3.05) is 19.1 Å². The Hall–Kier alpha value is -4.32. The average molecular weight is 441 g/mol. The molecule has 6 heteroatoms. The molecule has 1 amide bonds. The molecule has 1 N–H and O–H groups in total. The number of carbonyl (C=O) groups is 2. The predicted octanol–water partition coefficient (Wildman–Crippen LogP) is 4.89. The molecular formula is C27H23NO5. The number of nitrogens with zero attached hydrogens (tertiary/aromatic N) is 1. The molecule has 3 aromatic carbocycles. The minimum atomic E-state index is -0.881. The third kappa shape index (κ3) is 4.23. The van der Waals surface area contributed by atoms with Crippen molar-refractivity contribution in [2.24, 2.45) is 0 Å². The lowest BCUT2D eigenvalue weighted by Gasteiger charge is -2.28. The van der Waals surface area contributed by atoms with Crippen LogP contribution >= 0.6 is 0 Å². The molecule has 1 aliphatic heterocycles. The first-order chi connectivity index (χ1) is 16.0. The molecule has 1 heterocycles. The lowest BCUT2D eigenvalue weighted by atomic mass is 9.94. The van der Waals surface area contributed by atoms with Gasteiger partial charge in [-0.2, -0.15) is 0 Å². The van der Waals surface area contributed by atoms with E-state index in [0.29, 0.717) is 22.7 Å². The normalized spacial score (nSPS) is 15.9. The summed E-state index contributed by atoms with van der Waals surface area (Å²) >= 11 is 0. The van der Waals surface area contributed by atoms with E-state index in [9.17, 15) is 14.7 Å². The van der Waals surface area contributed by atoms with Crippen molar-refractivity contribution in [3.8, 4) is 11.5 Å². The van der Waals surface area contributed by atoms with Crippen molar-refractivity contribution < 1.29 is 24.2 Å². The summed E-state index contributed by atoms with van der Waals surface area (Å²) in [6.07, 6.45) is 3.02. The molecule has 166 valence electrons. The van der Waals surface area contributed by atoms with Crippen molar-refractivity contribution in [2.45, 2.75) is 6.04 Å². The van der Waals surface area contributed by atoms with Gasteiger partial charge in [-0.15, -0.1) is 0 Å². The first-order valence-corrected chi connectivity index (χ1v) is 10.4. The monoisotopic (exact) mass is 441 g/mol. The van der Waals surface area contributed by atoms with Crippen LogP contribution in [0.25, 0.3) is 6.08 Å². The third-order valence-corrected chi connectivity index (χ3v) is 5.47. The second kappa shape index (κ2) is 9.44. The predicted molar refractivity (Wildman–Crippen MR) is 126 cm³/mol. The second-order valence-corrected chi connectivity index (χ2v) is 7.39. The van der Waals surface area contributed by atoms with Crippen molar-refractivity contribution >= 4 is 23.5 Å². The van der Waals surface area contributed by atoms with Crippen LogP contribution in [0.1, 0.15) is 17.2 Å². The molecule has 0 saturated carbocycles. The van der Waals surface area contributed by atoms with E-state index >= 15 is 0 Å². The molecular weight excluding hydrogens is 418 g/mol.